The molecule has 0 spiro atoms. The van der Waals surface area contributed by atoms with Crippen molar-refractivity contribution in [1.82, 2.24) is 0 Å². The van der Waals surface area contributed by atoms with Crippen LogP contribution in [0.3, 0.4) is 0 Å². The summed E-state index contributed by atoms with van der Waals surface area (Å²) in [4.78, 5) is 0. The molecule has 0 aromatic heterocycles. The van der Waals surface area contributed by atoms with Crippen LogP contribution in [-0.2, 0) is 0 Å². The van der Waals surface area contributed by atoms with Gasteiger partial charge in [-0.25, -0.2) is 0 Å². The molecule has 17 heavy (non-hydrogen) atoms. The zero-order chi connectivity index (χ0) is 13.2. The van der Waals surface area contributed by atoms with E-state index in [-0.39, 0.29) is 0 Å². The predicted molar refractivity (Wildman–Crippen MR) is 59.5 cm³/mol. The molecule has 5 heteroatoms. The molecule has 0 amide bonds. The van der Waals surface area contributed by atoms with Gasteiger partial charge in [0.2, 0.25) is 0 Å². The fourth-order valence-corrected chi connectivity index (χ4v) is 1.48. The van der Waals surface area contributed by atoms with E-state index in [0.717, 1.165) is 11.1 Å². The number of hydrogen-bond acceptors (Lipinski definition) is 2. The van der Waals surface area contributed by atoms with Gasteiger partial charge in [0.25, 0.3) is 0 Å². The van der Waals surface area contributed by atoms with Gasteiger partial charge in [-0.2, -0.15) is 13.2 Å². The van der Waals surface area contributed by atoms with Crippen LogP contribution in [0.4, 0.5) is 13.2 Å². The molecule has 0 radical (unpaired) electrons. The number of aliphatic hydroxyl groups excluding tert-OH is 1. The molecule has 0 fully saturated rings. The van der Waals surface area contributed by atoms with Crippen molar-refractivity contribution < 1.29 is 18.3 Å². The number of aliphatic hydroxyl groups is 1. The van der Waals surface area contributed by atoms with Gasteiger partial charge in [-0.3, -0.25) is 0 Å². The molecule has 2 unspecified atom stereocenters. The lowest BCUT2D eigenvalue weighted by Crippen LogP contribution is -2.38. The van der Waals surface area contributed by atoms with Gasteiger partial charge in [0.05, 0.1) is 6.10 Å². The van der Waals surface area contributed by atoms with Crippen LogP contribution in [0.1, 0.15) is 29.2 Å². The summed E-state index contributed by atoms with van der Waals surface area (Å²) in [5.41, 5.74) is 7.40. The molecule has 0 saturated heterocycles. The van der Waals surface area contributed by atoms with Crippen LogP contribution in [0.5, 0.6) is 0 Å². The third-order valence-corrected chi connectivity index (χ3v) is 2.81. The van der Waals surface area contributed by atoms with Crippen molar-refractivity contribution in [3.05, 3.63) is 34.9 Å². The maximum Gasteiger partial charge on any atom is 0.403 e. The normalized spacial score (nSPS) is 15.7. The Labute approximate surface area is 98.3 Å². The van der Waals surface area contributed by atoms with Gasteiger partial charge in [-0.1, -0.05) is 18.2 Å². The molecule has 0 aliphatic rings. The van der Waals surface area contributed by atoms with Gasteiger partial charge >= 0.3 is 6.18 Å². The quantitative estimate of drug-likeness (QED) is 0.862. The Hall–Kier alpha value is -1.07. The molecule has 96 valence electrons. The zero-order valence-electron chi connectivity index (χ0n) is 9.75. The molecule has 0 saturated carbocycles. The van der Waals surface area contributed by atoms with Crippen LogP contribution in [0.15, 0.2) is 18.2 Å². The van der Waals surface area contributed by atoms with Crippen LogP contribution in [0, 0.1) is 13.8 Å². The highest BCUT2D eigenvalue weighted by Gasteiger charge is 2.37. The molecule has 0 aliphatic heterocycles. The zero-order valence-corrected chi connectivity index (χ0v) is 9.75. The Morgan fingerprint density at radius 1 is 1.24 bits per heavy atom. The molecular formula is C12H16F3NO. The van der Waals surface area contributed by atoms with Crippen LogP contribution < -0.4 is 5.73 Å². The first-order valence-electron chi connectivity index (χ1n) is 5.29. The lowest BCUT2D eigenvalue weighted by Gasteiger charge is -2.19. The van der Waals surface area contributed by atoms with E-state index in [1.165, 1.54) is 0 Å². The fourth-order valence-electron chi connectivity index (χ4n) is 1.48. The van der Waals surface area contributed by atoms with Crippen molar-refractivity contribution in [2.75, 3.05) is 0 Å². The molecule has 2 nitrogen and oxygen atoms in total. The first-order valence-corrected chi connectivity index (χ1v) is 5.29. The van der Waals surface area contributed by atoms with E-state index < -0.39 is 24.7 Å². The van der Waals surface area contributed by atoms with Gasteiger partial charge in [0.1, 0.15) is 6.04 Å². The topological polar surface area (TPSA) is 46.2 Å². The largest absolute Gasteiger partial charge is 0.403 e. The van der Waals surface area contributed by atoms with E-state index in [2.05, 4.69) is 0 Å². The molecule has 3 N–H and O–H groups in total. The maximum absolute atomic E-state index is 12.2. The van der Waals surface area contributed by atoms with E-state index >= 15 is 0 Å². The van der Waals surface area contributed by atoms with Crippen molar-refractivity contribution in [2.45, 2.75) is 38.6 Å². The number of hydrogen-bond donors (Lipinski definition) is 2. The van der Waals surface area contributed by atoms with Crippen molar-refractivity contribution in [3.63, 3.8) is 0 Å². The van der Waals surface area contributed by atoms with Crippen LogP contribution in [0.2, 0.25) is 0 Å². The number of aryl methyl sites for hydroxylation is 2. The first-order chi connectivity index (χ1) is 7.71. The fraction of sp³-hybridized carbons (Fsp3) is 0.500. The van der Waals surface area contributed by atoms with Gasteiger partial charge in [0, 0.05) is 6.42 Å². The average Bonchev–Trinajstić information content (AvgIpc) is 2.20. The van der Waals surface area contributed by atoms with Gasteiger partial charge in [0.15, 0.2) is 0 Å². The Bertz CT molecular complexity index is 390. The number of halogens is 3. The minimum atomic E-state index is -4.47. The molecule has 0 heterocycles. The van der Waals surface area contributed by atoms with E-state index in [1.807, 2.05) is 13.8 Å². The lowest BCUT2D eigenvalue weighted by atomic mass is 9.98. The Balaban J connectivity index is 2.76. The van der Waals surface area contributed by atoms with Gasteiger partial charge in [-0.15, -0.1) is 0 Å². The highest BCUT2D eigenvalue weighted by molar-refractivity contribution is 5.31. The second-order valence-corrected chi connectivity index (χ2v) is 4.24. The number of benzene rings is 1. The summed E-state index contributed by atoms with van der Waals surface area (Å²) in [6, 6.07) is 3.07. The van der Waals surface area contributed by atoms with Gasteiger partial charge < -0.3 is 10.8 Å². The van der Waals surface area contributed by atoms with Crippen LogP contribution >= 0.6 is 0 Å². The van der Waals surface area contributed by atoms with E-state index in [0.29, 0.717) is 5.56 Å². The number of alkyl halides is 3. The highest BCUT2D eigenvalue weighted by atomic mass is 19.4. The van der Waals surface area contributed by atoms with Crippen molar-refractivity contribution >= 4 is 0 Å². The van der Waals surface area contributed by atoms with Crippen LogP contribution in [0.25, 0.3) is 0 Å². The summed E-state index contributed by atoms with van der Waals surface area (Å²) in [6.07, 6.45) is -6.18. The van der Waals surface area contributed by atoms with E-state index in [9.17, 15) is 18.3 Å². The average molecular weight is 247 g/mol. The van der Waals surface area contributed by atoms with Crippen molar-refractivity contribution in [2.24, 2.45) is 5.73 Å². The van der Waals surface area contributed by atoms with Crippen LogP contribution in [-0.4, -0.2) is 17.3 Å². The molecule has 0 bridgehead atoms. The summed E-state index contributed by atoms with van der Waals surface area (Å²) in [7, 11) is 0. The third kappa shape index (κ3) is 3.71. The second-order valence-electron chi connectivity index (χ2n) is 4.24. The van der Waals surface area contributed by atoms with E-state index in [1.54, 1.807) is 18.2 Å². The third-order valence-electron chi connectivity index (χ3n) is 2.81. The SMILES string of the molecule is Cc1ccc(C(O)CC(N)C(F)(F)F)cc1C. The van der Waals surface area contributed by atoms with Crippen molar-refractivity contribution in [1.29, 1.82) is 0 Å². The summed E-state index contributed by atoms with van der Waals surface area (Å²) >= 11 is 0. The summed E-state index contributed by atoms with van der Waals surface area (Å²) in [6.45, 7) is 3.74. The number of rotatable bonds is 3. The Morgan fingerprint density at radius 2 is 1.82 bits per heavy atom. The molecule has 0 aliphatic carbocycles. The molecule has 1 aromatic carbocycles. The van der Waals surface area contributed by atoms with E-state index in [4.69, 9.17) is 5.73 Å². The molecule has 1 aromatic rings. The second kappa shape index (κ2) is 5.06. The molecule has 2 atom stereocenters. The monoisotopic (exact) mass is 247 g/mol. The summed E-state index contributed by atoms with van der Waals surface area (Å²) in [5, 5.41) is 9.69. The standard InChI is InChI=1S/C12H16F3NO/c1-7-3-4-9(5-8(7)2)10(17)6-11(16)12(13,14)15/h3-5,10-11,17H,6,16H2,1-2H3. The predicted octanol–water partition coefficient (Wildman–Crippen LogP) is 2.62. The molecular weight excluding hydrogens is 231 g/mol. The summed E-state index contributed by atoms with van der Waals surface area (Å²) in [5.74, 6) is 0. The minimum absolute atomic E-state index is 0.466. The minimum Gasteiger partial charge on any atom is -0.388 e. The molecule has 1 rings (SSSR count). The first kappa shape index (κ1) is 14.0. The Kier molecular flexibility index (Phi) is 4.16. The highest BCUT2D eigenvalue weighted by Crippen LogP contribution is 2.27. The maximum atomic E-state index is 12.2. The van der Waals surface area contributed by atoms with Crippen molar-refractivity contribution in [3.8, 4) is 0 Å². The number of nitrogens with two attached hydrogens (primary N) is 1. The van der Waals surface area contributed by atoms with Gasteiger partial charge in [-0.05, 0) is 30.5 Å². The lowest BCUT2D eigenvalue weighted by molar-refractivity contribution is -0.153. The smallest absolute Gasteiger partial charge is 0.388 e. The summed E-state index contributed by atoms with van der Waals surface area (Å²) < 4.78 is 36.7. The Morgan fingerprint density at radius 3 is 2.29 bits per heavy atom.